The molecule has 0 heterocycles. The third-order valence-corrected chi connectivity index (χ3v) is 3.36. The highest BCUT2D eigenvalue weighted by molar-refractivity contribution is 5.79. The summed E-state index contributed by atoms with van der Waals surface area (Å²) in [6.45, 7) is 9.28. The molecule has 1 aliphatic carbocycles. The minimum absolute atomic E-state index is 0.128. The van der Waals surface area contributed by atoms with Crippen molar-refractivity contribution in [1.82, 2.24) is 5.32 Å². The van der Waals surface area contributed by atoms with E-state index in [1.54, 1.807) is 0 Å². The Hall–Kier alpha value is -0.570. The highest BCUT2D eigenvalue weighted by Gasteiger charge is 2.41. The summed E-state index contributed by atoms with van der Waals surface area (Å²) in [6, 6.07) is 0. The lowest BCUT2D eigenvalue weighted by atomic mass is 9.76. The quantitative estimate of drug-likeness (QED) is 0.779. The van der Waals surface area contributed by atoms with Crippen LogP contribution < -0.4 is 5.32 Å². The Balaban J connectivity index is 2.69. The number of nitrogens with one attached hydrogen (secondary N) is 1. The fourth-order valence-corrected chi connectivity index (χ4v) is 2.42. The molecule has 1 rings (SSSR count). The largest absolute Gasteiger partial charge is 0.480 e. The van der Waals surface area contributed by atoms with E-state index in [2.05, 4.69) is 33.0 Å². The molecule has 16 heavy (non-hydrogen) atoms. The Morgan fingerprint density at radius 3 is 2.56 bits per heavy atom. The second kappa shape index (κ2) is 4.74. The van der Waals surface area contributed by atoms with Gasteiger partial charge in [-0.25, -0.2) is 0 Å². The van der Waals surface area contributed by atoms with Crippen molar-refractivity contribution >= 4 is 5.97 Å². The summed E-state index contributed by atoms with van der Waals surface area (Å²) in [5.74, 6) is -0.166. The van der Waals surface area contributed by atoms with E-state index in [-0.39, 0.29) is 5.41 Å². The summed E-state index contributed by atoms with van der Waals surface area (Å²) >= 11 is 0. The van der Waals surface area contributed by atoms with Gasteiger partial charge in [-0.1, -0.05) is 40.5 Å². The third-order valence-electron chi connectivity index (χ3n) is 3.36. The molecule has 2 N–H and O–H groups in total. The Labute approximate surface area is 98.6 Å². The fraction of sp³-hybridized carbons (Fsp3) is 0.923. The van der Waals surface area contributed by atoms with E-state index < -0.39 is 11.5 Å². The van der Waals surface area contributed by atoms with Crippen LogP contribution in [0.25, 0.3) is 0 Å². The van der Waals surface area contributed by atoms with E-state index in [0.29, 0.717) is 5.92 Å². The number of aliphatic carboxylic acids is 1. The second-order valence-electron chi connectivity index (χ2n) is 6.50. The zero-order valence-electron chi connectivity index (χ0n) is 11.0. The monoisotopic (exact) mass is 227 g/mol. The van der Waals surface area contributed by atoms with E-state index in [1.165, 1.54) is 0 Å². The normalized spacial score (nSPS) is 31.4. The van der Waals surface area contributed by atoms with Crippen LogP contribution in [-0.4, -0.2) is 23.2 Å². The van der Waals surface area contributed by atoms with Gasteiger partial charge in [0.25, 0.3) is 0 Å². The molecule has 0 aromatic rings. The minimum Gasteiger partial charge on any atom is -0.480 e. The predicted octanol–water partition coefficient (Wildman–Crippen LogP) is 2.66. The average molecular weight is 227 g/mol. The number of carbonyl (C=O) groups is 1. The van der Waals surface area contributed by atoms with Crippen molar-refractivity contribution in [2.75, 3.05) is 6.54 Å². The first-order valence-electron chi connectivity index (χ1n) is 6.24. The van der Waals surface area contributed by atoms with Crippen LogP contribution in [0.3, 0.4) is 0 Å². The van der Waals surface area contributed by atoms with Gasteiger partial charge in [-0.2, -0.15) is 0 Å². The molecule has 1 aliphatic rings. The highest BCUT2D eigenvalue weighted by Crippen LogP contribution is 2.33. The zero-order valence-corrected chi connectivity index (χ0v) is 11.0. The lowest BCUT2D eigenvalue weighted by molar-refractivity contribution is -0.147. The lowest BCUT2D eigenvalue weighted by Crippen LogP contribution is -2.56. The molecule has 3 heteroatoms. The van der Waals surface area contributed by atoms with Gasteiger partial charge < -0.3 is 10.4 Å². The first-order chi connectivity index (χ1) is 7.25. The maximum absolute atomic E-state index is 11.5. The Kier molecular flexibility index (Phi) is 4.00. The SMILES string of the molecule is CC1CCCC(NCC(C)(C)C)(C(=O)O)C1. The molecule has 94 valence electrons. The van der Waals surface area contributed by atoms with E-state index in [9.17, 15) is 9.90 Å². The van der Waals surface area contributed by atoms with Crippen LogP contribution in [0, 0.1) is 11.3 Å². The summed E-state index contributed by atoms with van der Waals surface area (Å²) in [7, 11) is 0. The molecule has 1 fully saturated rings. The molecule has 0 radical (unpaired) electrons. The van der Waals surface area contributed by atoms with E-state index >= 15 is 0 Å². The van der Waals surface area contributed by atoms with Crippen LogP contribution in [-0.2, 0) is 4.79 Å². The fourth-order valence-electron chi connectivity index (χ4n) is 2.42. The summed E-state index contributed by atoms with van der Waals surface area (Å²) in [6.07, 6.45) is 3.71. The number of carboxylic acid groups (broad SMARTS) is 1. The van der Waals surface area contributed by atoms with Crippen LogP contribution >= 0.6 is 0 Å². The molecule has 0 saturated heterocycles. The maximum Gasteiger partial charge on any atom is 0.323 e. The molecule has 0 amide bonds. The molecule has 3 nitrogen and oxygen atoms in total. The van der Waals surface area contributed by atoms with Crippen LogP contribution in [0.5, 0.6) is 0 Å². The van der Waals surface area contributed by atoms with E-state index in [0.717, 1.165) is 32.2 Å². The molecule has 0 aromatic carbocycles. The first kappa shape index (κ1) is 13.5. The van der Waals surface area contributed by atoms with Gasteiger partial charge in [-0.3, -0.25) is 4.79 Å². The molecule has 2 atom stereocenters. The predicted molar refractivity (Wildman–Crippen MR) is 65.5 cm³/mol. The van der Waals surface area contributed by atoms with Gasteiger partial charge in [0.1, 0.15) is 5.54 Å². The zero-order chi connectivity index (χ0) is 12.4. The lowest BCUT2D eigenvalue weighted by Gasteiger charge is -2.39. The molecule has 0 aromatic heterocycles. The van der Waals surface area contributed by atoms with Gasteiger partial charge in [0, 0.05) is 6.54 Å². The smallest absolute Gasteiger partial charge is 0.323 e. The number of hydrogen-bond donors (Lipinski definition) is 2. The van der Waals surface area contributed by atoms with Gasteiger partial charge in [0.15, 0.2) is 0 Å². The molecule has 0 spiro atoms. The molecule has 2 unspecified atom stereocenters. The van der Waals surface area contributed by atoms with Crippen LogP contribution in [0.15, 0.2) is 0 Å². The molecule has 1 saturated carbocycles. The average Bonchev–Trinajstić information content (AvgIpc) is 2.13. The van der Waals surface area contributed by atoms with Crippen molar-refractivity contribution in [2.24, 2.45) is 11.3 Å². The number of carboxylic acids is 1. The maximum atomic E-state index is 11.5. The van der Waals surface area contributed by atoms with Gasteiger partial charge in [0.05, 0.1) is 0 Å². The van der Waals surface area contributed by atoms with Crippen LogP contribution in [0.1, 0.15) is 53.4 Å². The molecule has 0 aliphatic heterocycles. The second-order valence-corrected chi connectivity index (χ2v) is 6.50. The van der Waals surface area contributed by atoms with Crippen molar-refractivity contribution in [3.63, 3.8) is 0 Å². The van der Waals surface area contributed by atoms with Gasteiger partial charge in [-0.05, 0) is 24.2 Å². The molecular weight excluding hydrogens is 202 g/mol. The van der Waals surface area contributed by atoms with Gasteiger partial charge in [-0.15, -0.1) is 0 Å². The Bertz CT molecular complexity index is 257. The van der Waals surface area contributed by atoms with E-state index in [4.69, 9.17) is 0 Å². The summed E-state index contributed by atoms with van der Waals surface area (Å²) in [5, 5.41) is 12.7. The number of rotatable bonds is 3. The third kappa shape index (κ3) is 3.48. The summed E-state index contributed by atoms with van der Waals surface area (Å²) < 4.78 is 0. The van der Waals surface area contributed by atoms with Crippen LogP contribution in [0.2, 0.25) is 0 Å². The van der Waals surface area contributed by atoms with Gasteiger partial charge in [0.2, 0.25) is 0 Å². The van der Waals surface area contributed by atoms with Crippen molar-refractivity contribution in [3.8, 4) is 0 Å². The molecule has 0 bridgehead atoms. The van der Waals surface area contributed by atoms with Gasteiger partial charge >= 0.3 is 5.97 Å². The van der Waals surface area contributed by atoms with Crippen molar-refractivity contribution in [3.05, 3.63) is 0 Å². The molecular formula is C13H25NO2. The number of hydrogen-bond acceptors (Lipinski definition) is 2. The van der Waals surface area contributed by atoms with Crippen LogP contribution in [0.4, 0.5) is 0 Å². The first-order valence-corrected chi connectivity index (χ1v) is 6.24. The van der Waals surface area contributed by atoms with Crippen molar-refractivity contribution in [2.45, 2.75) is 58.9 Å². The Morgan fingerprint density at radius 2 is 2.12 bits per heavy atom. The standard InChI is InChI=1S/C13H25NO2/c1-10-6-5-7-13(8-10,11(15)16)14-9-12(2,3)4/h10,14H,5-9H2,1-4H3,(H,15,16). The van der Waals surface area contributed by atoms with Crippen molar-refractivity contribution in [1.29, 1.82) is 0 Å². The summed E-state index contributed by atoms with van der Waals surface area (Å²) in [4.78, 5) is 11.5. The highest BCUT2D eigenvalue weighted by atomic mass is 16.4. The topological polar surface area (TPSA) is 49.3 Å². The van der Waals surface area contributed by atoms with Crippen molar-refractivity contribution < 1.29 is 9.90 Å². The Morgan fingerprint density at radius 1 is 1.50 bits per heavy atom. The summed E-state index contributed by atoms with van der Waals surface area (Å²) in [5.41, 5.74) is -0.548. The van der Waals surface area contributed by atoms with E-state index in [1.807, 2.05) is 0 Å². The minimum atomic E-state index is -0.677.